The number of hydrogen-bond acceptors (Lipinski definition) is 7. The van der Waals surface area contributed by atoms with Crippen LogP contribution in [0.15, 0.2) is 58.6 Å². The van der Waals surface area contributed by atoms with E-state index in [1.807, 2.05) is 0 Å². The average molecular weight is 481 g/mol. The number of carbonyl (C=O) groups excluding carboxylic acids is 2. The number of hydrogen-bond donors (Lipinski definition) is 2. The molecule has 2 N–H and O–H groups in total. The molecule has 11 heteroatoms. The van der Waals surface area contributed by atoms with Gasteiger partial charge in [-0.05, 0) is 42.0 Å². The van der Waals surface area contributed by atoms with Gasteiger partial charge in [-0.15, -0.1) is 0 Å². The Hall–Kier alpha value is -3.24. The summed E-state index contributed by atoms with van der Waals surface area (Å²) >= 11 is 5.84. The number of esters is 1. The van der Waals surface area contributed by atoms with Gasteiger partial charge in [0, 0.05) is 10.7 Å². The first-order valence-corrected chi connectivity index (χ1v) is 11.3. The number of sulfone groups is 1. The Balaban J connectivity index is 2.11. The lowest BCUT2D eigenvalue weighted by Crippen LogP contribution is -2.47. The normalized spacial score (nSPS) is 16.1. The van der Waals surface area contributed by atoms with Gasteiger partial charge in [-0.2, -0.15) is 0 Å². The van der Waals surface area contributed by atoms with Crippen molar-refractivity contribution in [3.8, 4) is 11.5 Å². The van der Waals surface area contributed by atoms with Gasteiger partial charge in [-0.1, -0.05) is 17.7 Å². The molecule has 1 atom stereocenters. The second kappa shape index (κ2) is 9.49. The molecule has 2 aromatic rings. The molecule has 170 valence electrons. The van der Waals surface area contributed by atoms with Crippen LogP contribution in [0.5, 0.6) is 11.5 Å². The van der Waals surface area contributed by atoms with Crippen LogP contribution in [-0.2, 0) is 19.4 Å². The Bertz CT molecular complexity index is 1180. The molecule has 1 aliphatic heterocycles. The predicted molar refractivity (Wildman–Crippen MR) is 117 cm³/mol. The summed E-state index contributed by atoms with van der Waals surface area (Å²) in [6.45, 7) is 0. The van der Waals surface area contributed by atoms with Crippen LogP contribution in [0.2, 0.25) is 5.02 Å². The fourth-order valence-electron chi connectivity index (χ4n) is 3.28. The molecule has 2 aromatic carbocycles. The maximum Gasteiger partial charge on any atom is 0.338 e. The molecule has 2 amide bonds. The van der Waals surface area contributed by atoms with Gasteiger partial charge in [-0.25, -0.2) is 18.0 Å². The van der Waals surface area contributed by atoms with Crippen LogP contribution in [0.25, 0.3) is 0 Å². The topological polar surface area (TPSA) is 120 Å². The average Bonchev–Trinajstić information content (AvgIpc) is 2.77. The number of benzene rings is 2. The van der Waals surface area contributed by atoms with E-state index < -0.39 is 33.6 Å². The second-order valence-electron chi connectivity index (χ2n) is 6.74. The minimum Gasteiger partial charge on any atom is -0.493 e. The molecule has 0 saturated carbocycles. The molecule has 0 saturated heterocycles. The molecule has 0 fully saturated rings. The van der Waals surface area contributed by atoms with Crippen LogP contribution in [0.4, 0.5) is 4.79 Å². The molecule has 0 unspecified atom stereocenters. The van der Waals surface area contributed by atoms with Crippen LogP contribution < -0.4 is 20.1 Å². The van der Waals surface area contributed by atoms with Gasteiger partial charge in [0.25, 0.3) is 0 Å². The van der Waals surface area contributed by atoms with Crippen LogP contribution in [0, 0.1) is 0 Å². The van der Waals surface area contributed by atoms with Crippen molar-refractivity contribution in [2.24, 2.45) is 0 Å². The van der Waals surface area contributed by atoms with Gasteiger partial charge >= 0.3 is 12.0 Å². The number of amides is 2. The third-order valence-electron chi connectivity index (χ3n) is 4.81. The van der Waals surface area contributed by atoms with E-state index in [0.29, 0.717) is 22.1 Å². The van der Waals surface area contributed by atoms with Crippen molar-refractivity contribution in [1.82, 2.24) is 10.6 Å². The standard InChI is InChI=1S/C21H21ClN2O7S/c1-29-16-9-4-12(10-17(16)30-2)19-18(20(25)31-3)15(23-21(26)24-19)11-32(27,28)14-7-5-13(22)6-8-14/h4-10,19H,11H2,1-3H3,(H2,23,24,26)/t19-/m0/s1. The predicted octanol–water partition coefficient (Wildman–Crippen LogP) is 2.61. The van der Waals surface area contributed by atoms with Crippen LogP contribution in [0.3, 0.4) is 0 Å². The quantitative estimate of drug-likeness (QED) is 0.584. The Morgan fingerprint density at radius 2 is 1.69 bits per heavy atom. The number of methoxy groups -OCH3 is 3. The SMILES string of the molecule is COC(=O)C1=C(CS(=O)(=O)c2ccc(Cl)cc2)NC(=O)N[C@H]1c1ccc(OC)c(OC)c1. The highest BCUT2D eigenvalue weighted by atomic mass is 35.5. The number of nitrogens with one attached hydrogen (secondary N) is 2. The Morgan fingerprint density at radius 1 is 1.03 bits per heavy atom. The van der Waals surface area contributed by atoms with Crippen molar-refractivity contribution >= 4 is 33.4 Å². The van der Waals surface area contributed by atoms with Crippen molar-refractivity contribution in [2.45, 2.75) is 10.9 Å². The molecule has 0 aromatic heterocycles. The summed E-state index contributed by atoms with van der Waals surface area (Å²) in [6, 6.07) is 8.77. The maximum atomic E-state index is 13.0. The highest BCUT2D eigenvalue weighted by Crippen LogP contribution is 2.35. The molecular formula is C21H21ClN2O7S. The Labute approximate surface area is 190 Å². The smallest absolute Gasteiger partial charge is 0.338 e. The van der Waals surface area contributed by atoms with Crippen molar-refractivity contribution in [3.63, 3.8) is 0 Å². The highest BCUT2D eigenvalue weighted by molar-refractivity contribution is 7.91. The third-order valence-corrected chi connectivity index (χ3v) is 6.72. The van der Waals surface area contributed by atoms with E-state index in [1.165, 1.54) is 45.6 Å². The molecule has 0 aliphatic carbocycles. The summed E-state index contributed by atoms with van der Waals surface area (Å²) in [6.07, 6.45) is 0. The van der Waals surface area contributed by atoms with Gasteiger partial charge in [0.1, 0.15) is 0 Å². The Morgan fingerprint density at radius 3 is 2.28 bits per heavy atom. The third kappa shape index (κ3) is 4.81. The highest BCUT2D eigenvalue weighted by Gasteiger charge is 2.36. The fraction of sp³-hybridized carbons (Fsp3) is 0.238. The maximum absolute atomic E-state index is 13.0. The molecule has 0 spiro atoms. The lowest BCUT2D eigenvalue weighted by molar-refractivity contribution is -0.136. The molecule has 1 aliphatic rings. The van der Waals surface area contributed by atoms with E-state index in [1.54, 1.807) is 18.2 Å². The number of rotatable bonds is 7. The zero-order valence-corrected chi connectivity index (χ0v) is 19.0. The number of urea groups is 1. The molecule has 3 rings (SSSR count). The van der Waals surface area contributed by atoms with Gasteiger partial charge in [0.15, 0.2) is 21.3 Å². The van der Waals surface area contributed by atoms with Crippen LogP contribution in [0.1, 0.15) is 11.6 Å². The molecule has 0 radical (unpaired) electrons. The molecular weight excluding hydrogens is 460 g/mol. The van der Waals surface area contributed by atoms with Gasteiger partial charge < -0.3 is 24.8 Å². The second-order valence-corrected chi connectivity index (χ2v) is 9.17. The zero-order chi connectivity index (χ0) is 23.5. The van der Waals surface area contributed by atoms with Crippen LogP contribution in [-0.4, -0.2) is 47.5 Å². The molecule has 32 heavy (non-hydrogen) atoms. The first-order valence-electron chi connectivity index (χ1n) is 9.29. The molecule has 1 heterocycles. The van der Waals surface area contributed by atoms with Crippen molar-refractivity contribution in [3.05, 3.63) is 64.3 Å². The van der Waals surface area contributed by atoms with E-state index in [0.717, 1.165) is 0 Å². The molecule has 0 bridgehead atoms. The lowest BCUT2D eigenvalue weighted by atomic mass is 9.95. The van der Waals surface area contributed by atoms with E-state index in [9.17, 15) is 18.0 Å². The fourth-order valence-corrected chi connectivity index (χ4v) is 4.73. The van der Waals surface area contributed by atoms with Crippen molar-refractivity contribution < 1.29 is 32.2 Å². The van der Waals surface area contributed by atoms with E-state index in [4.69, 9.17) is 25.8 Å². The first kappa shape index (κ1) is 23.4. The van der Waals surface area contributed by atoms with E-state index >= 15 is 0 Å². The monoisotopic (exact) mass is 480 g/mol. The molecule has 9 nitrogen and oxygen atoms in total. The van der Waals surface area contributed by atoms with Gasteiger partial charge in [0.2, 0.25) is 0 Å². The number of ether oxygens (including phenoxy) is 3. The number of halogens is 1. The van der Waals surface area contributed by atoms with E-state index in [2.05, 4.69) is 10.6 Å². The lowest BCUT2D eigenvalue weighted by Gasteiger charge is -2.29. The summed E-state index contributed by atoms with van der Waals surface area (Å²) < 4.78 is 41.3. The van der Waals surface area contributed by atoms with Gasteiger partial charge in [0.05, 0.1) is 43.6 Å². The minimum absolute atomic E-state index is 0.00550. The van der Waals surface area contributed by atoms with Crippen molar-refractivity contribution in [1.29, 1.82) is 0 Å². The summed E-state index contributed by atoms with van der Waals surface area (Å²) in [5.41, 5.74) is 0.339. The van der Waals surface area contributed by atoms with Gasteiger partial charge in [-0.3, -0.25) is 0 Å². The summed E-state index contributed by atoms with van der Waals surface area (Å²) in [7, 11) is 0.178. The summed E-state index contributed by atoms with van der Waals surface area (Å²) in [4.78, 5) is 25.0. The minimum atomic E-state index is -3.92. The van der Waals surface area contributed by atoms with E-state index in [-0.39, 0.29) is 16.2 Å². The largest absolute Gasteiger partial charge is 0.493 e. The summed E-state index contributed by atoms with van der Waals surface area (Å²) in [5, 5.41) is 5.45. The van der Waals surface area contributed by atoms with Crippen LogP contribution >= 0.6 is 11.6 Å². The van der Waals surface area contributed by atoms with Crippen molar-refractivity contribution in [2.75, 3.05) is 27.1 Å². The first-order chi connectivity index (χ1) is 15.2. The number of carbonyl (C=O) groups is 2. The zero-order valence-electron chi connectivity index (χ0n) is 17.5. The Kier molecular flexibility index (Phi) is 6.95. The summed E-state index contributed by atoms with van der Waals surface area (Å²) in [5.74, 6) is -0.599.